The summed E-state index contributed by atoms with van der Waals surface area (Å²) in [6.45, 7) is 6.33. The second kappa shape index (κ2) is 4.23. The predicted molar refractivity (Wildman–Crippen MR) is 52.3 cm³/mol. The van der Waals surface area contributed by atoms with Crippen LogP contribution in [0.2, 0.25) is 0 Å². The maximum Gasteiger partial charge on any atom is 0.139 e. The van der Waals surface area contributed by atoms with Gasteiger partial charge in [0.1, 0.15) is 5.78 Å². The molecule has 13 heavy (non-hydrogen) atoms. The molecule has 1 rings (SSSR count). The van der Waals surface area contributed by atoms with Crippen LogP contribution < -0.4 is 0 Å². The first-order valence-electron chi connectivity index (χ1n) is 5.22. The molecule has 0 aromatic rings. The molecule has 0 aliphatic heterocycles. The zero-order valence-corrected chi connectivity index (χ0v) is 8.79. The summed E-state index contributed by atoms with van der Waals surface area (Å²) in [4.78, 5) is 11.8. The zero-order chi connectivity index (χ0) is 10.0. The molecule has 3 atom stereocenters. The first kappa shape index (κ1) is 10.7. The number of carbonyl (C=O) groups excluding carboxylic acids is 1. The van der Waals surface area contributed by atoms with E-state index in [9.17, 15) is 4.79 Å². The largest absolute Gasteiger partial charge is 0.396 e. The predicted octanol–water partition coefficient (Wildman–Crippen LogP) is 1.87. The average Bonchev–Trinajstić information content (AvgIpc) is 2.09. The van der Waals surface area contributed by atoms with Crippen LogP contribution in [0.5, 0.6) is 0 Å². The van der Waals surface area contributed by atoms with Crippen molar-refractivity contribution in [2.24, 2.45) is 23.7 Å². The van der Waals surface area contributed by atoms with E-state index in [0.717, 1.165) is 12.8 Å². The van der Waals surface area contributed by atoms with Crippen LogP contribution in [0.3, 0.4) is 0 Å². The van der Waals surface area contributed by atoms with E-state index in [1.54, 1.807) is 0 Å². The molecule has 1 fully saturated rings. The molecule has 0 heterocycles. The Bertz CT molecular complexity index is 187. The summed E-state index contributed by atoms with van der Waals surface area (Å²) in [5.41, 5.74) is 0. The van der Waals surface area contributed by atoms with E-state index in [4.69, 9.17) is 5.11 Å². The van der Waals surface area contributed by atoms with Crippen LogP contribution in [0.4, 0.5) is 0 Å². The Morgan fingerprint density at radius 2 is 2.08 bits per heavy atom. The number of ketones is 1. The molecule has 0 aromatic carbocycles. The topological polar surface area (TPSA) is 37.3 Å². The van der Waals surface area contributed by atoms with Gasteiger partial charge in [-0.2, -0.15) is 0 Å². The third-order valence-corrected chi connectivity index (χ3v) is 3.41. The number of aliphatic hydroxyl groups excluding tert-OH is 1. The van der Waals surface area contributed by atoms with Crippen molar-refractivity contribution in [3.05, 3.63) is 0 Å². The van der Waals surface area contributed by atoms with Crippen molar-refractivity contribution in [1.29, 1.82) is 0 Å². The Morgan fingerprint density at radius 3 is 2.54 bits per heavy atom. The quantitative estimate of drug-likeness (QED) is 0.711. The molecule has 1 aliphatic rings. The summed E-state index contributed by atoms with van der Waals surface area (Å²) < 4.78 is 0. The van der Waals surface area contributed by atoms with Crippen molar-refractivity contribution in [3.8, 4) is 0 Å². The lowest BCUT2D eigenvalue weighted by Crippen LogP contribution is -2.37. The fourth-order valence-corrected chi connectivity index (χ4v) is 2.27. The van der Waals surface area contributed by atoms with E-state index in [2.05, 4.69) is 13.8 Å². The molecule has 2 nitrogen and oxygen atoms in total. The second-order valence-electron chi connectivity index (χ2n) is 4.56. The van der Waals surface area contributed by atoms with Gasteiger partial charge in [0.2, 0.25) is 0 Å². The van der Waals surface area contributed by atoms with E-state index < -0.39 is 0 Å². The molecule has 3 unspecified atom stereocenters. The highest BCUT2D eigenvalue weighted by Gasteiger charge is 2.35. The van der Waals surface area contributed by atoms with Crippen LogP contribution in [-0.2, 0) is 4.79 Å². The van der Waals surface area contributed by atoms with Gasteiger partial charge < -0.3 is 5.11 Å². The fraction of sp³-hybridized carbons (Fsp3) is 0.909. The van der Waals surface area contributed by atoms with Gasteiger partial charge in [-0.25, -0.2) is 0 Å². The number of hydrogen-bond donors (Lipinski definition) is 1. The number of rotatable bonds is 2. The molecular formula is C11H20O2. The van der Waals surface area contributed by atoms with Gasteiger partial charge in [-0.05, 0) is 24.7 Å². The van der Waals surface area contributed by atoms with Crippen LogP contribution >= 0.6 is 0 Å². The van der Waals surface area contributed by atoms with E-state index in [1.807, 2.05) is 6.92 Å². The van der Waals surface area contributed by atoms with Crippen molar-refractivity contribution < 1.29 is 9.90 Å². The summed E-state index contributed by atoms with van der Waals surface area (Å²) in [6.07, 6.45) is 1.97. The molecule has 0 radical (unpaired) electrons. The minimum atomic E-state index is 0.0612. The van der Waals surface area contributed by atoms with Gasteiger partial charge >= 0.3 is 0 Å². The third kappa shape index (κ3) is 2.11. The minimum Gasteiger partial charge on any atom is -0.396 e. The van der Waals surface area contributed by atoms with E-state index in [-0.39, 0.29) is 24.4 Å². The second-order valence-corrected chi connectivity index (χ2v) is 4.56. The molecule has 0 bridgehead atoms. The summed E-state index contributed by atoms with van der Waals surface area (Å²) >= 11 is 0. The highest BCUT2D eigenvalue weighted by molar-refractivity contribution is 5.84. The number of carbonyl (C=O) groups is 1. The molecule has 0 aromatic heterocycles. The summed E-state index contributed by atoms with van der Waals surface area (Å²) in [6, 6.07) is 0. The molecule has 1 aliphatic carbocycles. The summed E-state index contributed by atoms with van der Waals surface area (Å²) in [7, 11) is 0. The van der Waals surface area contributed by atoms with Crippen LogP contribution in [0.25, 0.3) is 0 Å². The molecule has 2 heteroatoms. The number of aliphatic hydroxyl groups is 1. The molecule has 0 spiro atoms. The third-order valence-electron chi connectivity index (χ3n) is 3.41. The highest BCUT2D eigenvalue weighted by Crippen LogP contribution is 2.34. The Hall–Kier alpha value is -0.370. The lowest BCUT2D eigenvalue weighted by Gasteiger charge is -2.33. The Kier molecular flexibility index (Phi) is 3.48. The van der Waals surface area contributed by atoms with Gasteiger partial charge in [-0.15, -0.1) is 0 Å². The smallest absolute Gasteiger partial charge is 0.139 e. The average molecular weight is 184 g/mol. The Morgan fingerprint density at radius 1 is 1.46 bits per heavy atom. The highest BCUT2D eigenvalue weighted by atomic mass is 16.3. The van der Waals surface area contributed by atoms with Crippen molar-refractivity contribution >= 4 is 5.78 Å². The molecular weight excluding hydrogens is 164 g/mol. The van der Waals surface area contributed by atoms with Gasteiger partial charge in [-0.3, -0.25) is 4.79 Å². The molecule has 0 amide bonds. The van der Waals surface area contributed by atoms with Crippen LogP contribution in [0.15, 0.2) is 0 Å². The lowest BCUT2D eigenvalue weighted by molar-refractivity contribution is -0.133. The van der Waals surface area contributed by atoms with Crippen molar-refractivity contribution in [2.75, 3.05) is 6.61 Å². The van der Waals surface area contributed by atoms with Gasteiger partial charge in [-0.1, -0.05) is 20.8 Å². The maximum atomic E-state index is 11.8. The Labute approximate surface area is 80.3 Å². The first-order valence-corrected chi connectivity index (χ1v) is 5.22. The number of hydrogen-bond acceptors (Lipinski definition) is 2. The fourth-order valence-electron chi connectivity index (χ4n) is 2.27. The molecule has 1 N–H and O–H groups in total. The SMILES string of the molecule is CC(C)C1CCC(CO)C(C)C1=O. The maximum absolute atomic E-state index is 11.8. The first-order chi connectivity index (χ1) is 6.07. The van der Waals surface area contributed by atoms with E-state index >= 15 is 0 Å². The number of Topliss-reactive ketones (excluding diaryl/α,β-unsaturated/α-hetero) is 1. The van der Waals surface area contributed by atoms with Crippen LogP contribution in [0, 0.1) is 23.7 Å². The molecule has 1 saturated carbocycles. The van der Waals surface area contributed by atoms with Crippen molar-refractivity contribution in [3.63, 3.8) is 0 Å². The van der Waals surface area contributed by atoms with Gasteiger partial charge in [0.25, 0.3) is 0 Å². The van der Waals surface area contributed by atoms with Gasteiger partial charge in [0.15, 0.2) is 0 Å². The molecule has 0 saturated heterocycles. The summed E-state index contributed by atoms with van der Waals surface area (Å²) in [5.74, 6) is 1.32. The minimum absolute atomic E-state index is 0.0612. The van der Waals surface area contributed by atoms with Gasteiger partial charge in [0, 0.05) is 18.4 Å². The Balaban J connectivity index is 2.64. The molecule has 76 valence electrons. The monoisotopic (exact) mass is 184 g/mol. The van der Waals surface area contributed by atoms with Crippen molar-refractivity contribution in [1.82, 2.24) is 0 Å². The van der Waals surface area contributed by atoms with Crippen LogP contribution in [0.1, 0.15) is 33.6 Å². The summed E-state index contributed by atoms with van der Waals surface area (Å²) in [5, 5.41) is 9.05. The van der Waals surface area contributed by atoms with Crippen molar-refractivity contribution in [2.45, 2.75) is 33.6 Å². The lowest BCUT2D eigenvalue weighted by atomic mass is 9.70. The van der Waals surface area contributed by atoms with Crippen LogP contribution in [-0.4, -0.2) is 17.5 Å². The van der Waals surface area contributed by atoms with Gasteiger partial charge in [0.05, 0.1) is 0 Å². The van der Waals surface area contributed by atoms with E-state index in [1.165, 1.54) is 0 Å². The standard InChI is InChI=1S/C11H20O2/c1-7(2)10-5-4-9(6-12)8(3)11(10)13/h7-10,12H,4-6H2,1-3H3. The van der Waals surface area contributed by atoms with E-state index in [0.29, 0.717) is 11.7 Å². The normalized spacial score (nSPS) is 35.5. The zero-order valence-electron chi connectivity index (χ0n) is 8.79.